The molecule has 160 valence electrons. The molecule has 0 spiro atoms. The van der Waals surface area contributed by atoms with E-state index in [1.54, 1.807) is 44.2 Å². The lowest BCUT2D eigenvalue weighted by Crippen LogP contribution is -2.62. The Labute approximate surface area is 174 Å². The van der Waals surface area contributed by atoms with Crippen LogP contribution < -0.4 is 10.6 Å². The van der Waals surface area contributed by atoms with Crippen molar-refractivity contribution in [2.75, 3.05) is 26.3 Å². The number of carbonyl (C=O) groups excluding carboxylic acids is 4. The first kappa shape index (κ1) is 21.4. The summed E-state index contributed by atoms with van der Waals surface area (Å²) in [6.07, 6.45) is 0. The Morgan fingerprint density at radius 2 is 1.93 bits per heavy atom. The minimum absolute atomic E-state index is 0.133. The molecule has 9 nitrogen and oxygen atoms in total. The Kier molecular flexibility index (Phi) is 6.09. The van der Waals surface area contributed by atoms with Gasteiger partial charge in [0.2, 0.25) is 0 Å². The van der Waals surface area contributed by atoms with Crippen molar-refractivity contribution in [3.05, 3.63) is 47.3 Å². The topological polar surface area (TPSA) is 114 Å². The van der Waals surface area contributed by atoms with Gasteiger partial charge >= 0.3 is 11.9 Å². The van der Waals surface area contributed by atoms with Crippen LogP contribution in [0.25, 0.3) is 0 Å². The van der Waals surface area contributed by atoms with E-state index in [1.807, 2.05) is 0 Å². The number of rotatable bonds is 6. The third kappa shape index (κ3) is 3.87. The van der Waals surface area contributed by atoms with E-state index >= 15 is 0 Å². The van der Waals surface area contributed by atoms with Crippen LogP contribution in [-0.4, -0.2) is 61.0 Å². The minimum Gasteiger partial charge on any atom is -0.465 e. The maximum atomic E-state index is 13.3. The minimum atomic E-state index is -1.33. The Balaban J connectivity index is 2.06. The molecule has 0 radical (unpaired) electrons. The summed E-state index contributed by atoms with van der Waals surface area (Å²) in [5.74, 6) is -1.72. The van der Waals surface area contributed by atoms with E-state index in [1.165, 1.54) is 11.8 Å². The number of benzene rings is 1. The molecule has 0 saturated carbocycles. The van der Waals surface area contributed by atoms with Gasteiger partial charge in [-0.3, -0.25) is 19.3 Å². The van der Waals surface area contributed by atoms with Gasteiger partial charge in [0.05, 0.1) is 17.6 Å². The van der Waals surface area contributed by atoms with Gasteiger partial charge in [0.15, 0.2) is 0 Å². The summed E-state index contributed by atoms with van der Waals surface area (Å²) in [6, 6.07) is 7.31. The van der Waals surface area contributed by atoms with Crippen LogP contribution in [0, 0.1) is 5.41 Å². The molecule has 2 atom stereocenters. The fourth-order valence-electron chi connectivity index (χ4n) is 3.75. The third-order valence-electron chi connectivity index (χ3n) is 5.22. The summed E-state index contributed by atoms with van der Waals surface area (Å²) in [4.78, 5) is 52.0. The van der Waals surface area contributed by atoms with Crippen molar-refractivity contribution in [3.63, 3.8) is 0 Å². The SMILES string of the molecule is CCOC(=O)C1=C2NCCN2C(=O)[C@H](NC(=O)c2ccccc2)[C@]1(C)COC(C)=O. The van der Waals surface area contributed by atoms with E-state index in [2.05, 4.69) is 10.6 Å². The van der Waals surface area contributed by atoms with Gasteiger partial charge < -0.3 is 20.1 Å². The van der Waals surface area contributed by atoms with Gasteiger partial charge in [-0.15, -0.1) is 0 Å². The fourth-order valence-corrected chi connectivity index (χ4v) is 3.75. The van der Waals surface area contributed by atoms with Gasteiger partial charge in [0, 0.05) is 25.6 Å². The Morgan fingerprint density at radius 3 is 2.57 bits per heavy atom. The second kappa shape index (κ2) is 8.56. The molecule has 3 rings (SSSR count). The van der Waals surface area contributed by atoms with Crippen LogP contribution >= 0.6 is 0 Å². The molecule has 0 aliphatic carbocycles. The number of nitrogens with zero attached hydrogens (tertiary/aromatic N) is 1. The van der Waals surface area contributed by atoms with Gasteiger partial charge in [0.25, 0.3) is 11.8 Å². The van der Waals surface area contributed by atoms with Crippen molar-refractivity contribution >= 4 is 23.8 Å². The molecule has 2 aliphatic heterocycles. The fraction of sp³-hybridized carbons (Fsp3) is 0.429. The largest absolute Gasteiger partial charge is 0.465 e. The summed E-state index contributed by atoms with van der Waals surface area (Å²) in [5.41, 5.74) is -0.795. The monoisotopic (exact) mass is 415 g/mol. The second-order valence-corrected chi connectivity index (χ2v) is 7.33. The molecule has 30 heavy (non-hydrogen) atoms. The third-order valence-corrected chi connectivity index (χ3v) is 5.22. The molecule has 0 bridgehead atoms. The van der Waals surface area contributed by atoms with Crippen LogP contribution in [0.4, 0.5) is 0 Å². The maximum Gasteiger partial charge on any atom is 0.338 e. The molecule has 1 aromatic rings. The molecule has 0 aromatic heterocycles. The van der Waals surface area contributed by atoms with Crippen LogP contribution in [0.2, 0.25) is 0 Å². The Hall–Kier alpha value is -3.36. The predicted molar refractivity (Wildman–Crippen MR) is 106 cm³/mol. The highest BCUT2D eigenvalue weighted by Crippen LogP contribution is 2.41. The second-order valence-electron chi connectivity index (χ2n) is 7.33. The normalized spacial score (nSPS) is 22.8. The number of nitrogens with one attached hydrogen (secondary N) is 2. The molecule has 2 amide bonds. The average Bonchev–Trinajstić information content (AvgIpc) is 3.20. The van der Waals surface area contributed by atoms with Crippen LogP contribution in [-0.2, 0) is 23.9 Å². The van der Waals surface area contributed by atoms with Crippen LogP contribution in [0.15, 0.2) is 41.7 Å². The molecule has 2 aliphatic rings. The summed E-state index contributed by atoms with van der Waals surface area (Å²) in [5, 5.41) is 5.81. The highest BCUT2D eigenvalue weighted by atomic mass is 16.5. The quantitative estimate of drug-likeness (QED) is 0.653. The van der Waals surface area contributed by atoms with Crippen molar-refractivity contribution in [3.8, 4) is 0 Å². The molecule has 0 unspecified atom stereocenters. The summed E-state index contributed by atoms with van der Waals surface area (Å²) < 4.78 is 10.5. The van der Waals surface area contributed by atoms with Gasteiger partial charge in [-0.1, -0.05) is 18.2 Å². The first-order chi connectivity index (χ1) is 14.3. The molecular formula is C21H25N3O6. The lowest BCUT2D eigenvalue weighted by atomic mass is 9.72. The van der Waals surface area contributed by atoms with Crippen molar-refractivity contribution < 1.29 is 28.7 Å². The zero-order valence-electron chi connectivity index (χ0n) is 17.2. The molecule has 1 saturated heterocycles. The molecule has 2 N–H and O–H groups in total. The van der Waals surface area contributed by atoms with Crippen molar-refractivity contribution in [1.29, 1.82) is 0 Å². The van der Waals surface area contributed by atoms with E-state index < -0.39 is 29.3 Å². The average molecular weight is 415 g/mol. The number of ether oxygens (including phenoxy) is 2. The van der Waals surface area contributed by atoms with Crippen LogP contribution in [0.5, 0.6) is 0 Å². The van der Waals surface area contributed by atoms with E-state index in [9.17, 15) is 19.2 Å². The highest BCUT2D eigenvalue weighted by molar-refractivity contribution is 6.02. The van der Waals surface area contributed by atoms with Crippen molar-refractivity contribution in [2.24, 2.45) is 5.41 Å². The summed E-state index contributed by atoms with van der Waals surface area (Å²) in [6.45, 7) is 5.18. The summed E-state index contributed by atoms with van der Waals surface area (Å²) >= 11 is 0. The van der Waals surface area contributed by atoms with E-state index in [4.69, 9.17) is 9.47 Å². The highest BCUT2D eigenvalue weighted by Gasteiger charge is 2.55. The Bertz CT molecular complexity index is 897. The van der Waals surface area contributed by atoms with Crippen molar-refractivity contribution in [1.82, 2.24) is 15.5 Å². The van der Waals surface area contributed by atoms with Crippen LogP contribution in [0.1, 0.15) is 31.1 Å². The number of amides is 2. The molecule has 2 heterocycles. The van der Waals surface area contributed by atoms with Crippen molar-refractivity contribution in [2.45, 2.75) is 26.8 Å². The van der Waals surface area contributed by atoms with Gasteiger partial charge in [-0.25, -0.2) is 4.79 Å². The molecule has 1 aromatic carbocycles. The zero-order chi connectivity index (χ0) is 21.9. The smallest absolute Gasteiger partial charge is 0.338 e. The molecular weight excluding hydrogens is 390 g/mol. The zero-order valence-corrected chi connectivity index (χ0v) is 17.2. The lowest BCUT2D eigenvalue weighted by Gasteiger charge is -2.43. The first-order valence-corrected chi connectivity index (χ1v) is 9.76. The standard InChI is InChI=1S/C21H25N3O6/c1-4-29-20(28)15-17-22-10-11-24(17)19(27)16(21(15,3)12-30-13(2)25)23-18(26)14-8-6-5-7-9-14/h5-9,16,22H,4,10-12H2,1-3H3,(H,23,26)/t16-,21+/m0/s1. The van der Waals surface area contributed by atoms with Gasteiger partial charge in [-0.05, 0) is 26.0 Å². The number of hydrogen-bond acceptors (Lipinski definition) is 7. The maximum absolute atomic E-state index is 13.3. The van der Waals surface area contributed by atoms with Gasteiger partial charge in [-0.2, -0.15) is 0 Å². The van der Waals surface area contributed by atoms with E-state index in [0.717, 1.165) is 0 Å². The Morgan fingerprint density at radius 1 is 1.23 bits per heavy atom. The summed E-state index contributed by atoms with van der Waals surface area (Å²) in [7, 11) is 0. The van der Waals surface area contributed by atoms with E-state index in [-0.39, 0.29) is 24.7 Å². The molecule has 1 fully saturated rings. The number of fused-ring (bicyclic) bond motifs is 1. The van der Waals surface area contributed by atoms with Gasteiger partial charge in [0.1, 0.15) is 18.5 Å². The lowest BCUT2D eigenvalue weighted by molar-refractivity contribution is -0.151. The number of esters is 2. The van der Waals surface area contributed by atoms with Crippen LogP contribution in [0.3, 0.4) is 0 Å². The molecule has 9 heteroatoms. The number of carbonyl (C=O) groups is 4. The predicted octanol–water partition coefficient (Wildman–Crippen LogP) is 0.575. The van der Waals surface area contributed by atoms with E-state index in [0.29, 0.717) is 24.5 Å². The first-order valence-electron chi connectivity index (χ1n) is 9.76. The number of hydrogen-bond donors (Lipinski definition) is 2.